The second-order valence-electron chi connectivity index (χ2n) is 5.81. The number of anilines is 2. The smallest absolute Gasteiger partial charge is 0.246 e. The number of rotatable bonds is 7. The molecule has 3 rings (SSSR count). The average molecular weight is 447 g/mol. The number of nitrogens with one attached hydrogen (secondary N) is 2. The summed E-state index contributed by atoms with van der Waals surface area (Å²) in [5.41, 5.74) is 2.14. The van der Waals surface area contributed by atoms with Gasteiger partial charge < -0.3 is 24.6 Å². The number of hydrogen-bond acceptors (Lipinski definition) is 7. The van der Waals surface area contributed by atoms with E-state index in [1.165, 1.54) is 6.92 Å². The molecule has 2 aromatic carbocycles. The SMILES string of the molecule is COc1ccc(-c2noc(CNc3cc(Br)ccc3NC(C)=O)n2)cc1OC. The van der Waals surface area contributed by atoms with Crippen molar-refractivity contribution < 1.29 is 18.8 Å². The van der Waals surface area contributed by atoms with Crippen molar-refractivity contribution in [1.82, 2.24) is 10.1 Å². The summed E-state index contributed by atoms with van der Waals surface area (Å²) in [6, 6.07) is 10.9. The van der Waals surface area contributed by atoms with Crippen LogP contribution in [-0.4, -0.2) is 30.3 Å². The molecule has 3 aromatic rings. The predicted molar refractivity (Wildman–Crippen MR) is 109 cm³/mol. The highest BCUT2D eigenvalue weighted by atomic mass is 79.9. The minimum absolute atomic E-state index is 0.154. The number of carbonyl (C=O) groups excluding carboxylic acids is 1. The molecule has 0 fully saturated rings. The topological polar surface area (TPSA) is 98.5 Å². The maximum atomic E-state index is 11.4. The Morgan fingerprint density at radius 3 is 2.61 bits per heavy atom. The van der Waals surface area contributed by atoms with Gasteiger partial charge in [0.05, 0.1) is 32.1 Å². The molecule has 0 spiro atoms. The third kappa shape index (κ3) is 4.61. The van der Waals surface area contributed by atoms with Gasteiger partial charge in [0.15, 0.2) is 11.5 Å². The first-order valence-corrected chi connectivity index (χ1v) is 9.15. The summed E-state index contributed by atoms with van der Waals surface area (Å²) in [6.07, 6.45) is 0. The van der Waals surface area contributed by atoms with Gasteiger partial charge in [-0.1, -0.05) is 21.1 Å². The Balaban J connectivity index is 1.76. The van der Waals surface area contributed by atoms with Crippen LogP contribution < -0.4 is 20.1 Å². The van der Waals surface area contributed by atoms with Crippen LogP contribution in [0.1, 0.15) is 12.8 Å². The highest BCUT2D eigenvalue weighted by molar-refractivity contribution is 9.10. The Kier molecular flexibility index (Phi) is 6.15. The van der Waals surface area contributed by atoms with Gasteiger partial charge in [0.2, 0.25) is 17.6 Å². The maximum absolute atomic E-state index is 11.4. The van der Waals surface area contributed by atoms with E-state index in [2.05, 4.69) is 36.7 Å². The van der Waals surface area contributed by atoms with E-state index < -0.39 is 0 Å². The molecule has 0 radical (unpaired) electrons. The molecule has 2 N–H and O–H groups in total. The number of ether oxygens (including phenoxy) is 2. The average Bonchev–Trinajstić information content (AvgIpc) is 3.16. The molecular weight excluding hydrogens is 428 g/mol. The Bertz CT molecular complexity index is 990. The van der Waals surface area contributed by atoms with Crippen LogP contribution in [0.25, 0.3) is 11.4 Å². The van der Waals surface area contributed by atoms with Crippen molar-refractivity contribution in [3.63, 3.8) is 0 Å². The van der Waals surface area contributed by atoms with Crippen molar-refractivity contribution in [2.45, 2.75) is 13.5 Å². The van der Waals surface area contributed by atoms with E-state index >= 15 is 0 Å². The highest BCUT2D eigenvalue weighted by Crippen LogP contribution is 2.31. The van der Waals surface area contributed by atoms with Crippen molar-refractivity contribution in [1.29, 1.82) is 0 Å². The molecule has 28 heavy (non-hydrogen) atoms. The van der Waals surface area contributed by atoms with Crippen molar-refractivity contribution in [2.75, 3.05) is 24.9 Å². The van der Waals surface area contributed by atoms with Gasteiger partial charge in [0.25, 0.3) is 0 Å². The zero-order valence-electron chi connectivity index (χ0n) is 15.6. The lowest BCUT2D eigenvalue weighted by Crippen LogP contribution is -2.09. The van der Waals surface area contributed by atoms with Crippen LogP contribution in [0.3, 0.4) is 0 Å². The summed E-state index contributed by atoms with van der Waals surface area (Å²) in [6.45, 7) is 1.75. The summed E-state index contributed by atoms with van der Waals surface area (Å²) in [5, 5.41) is 9.99. The third-order valence-corrected chi connectivity index (χ3v) is 4.33. The van der Waals surface area contributed by atoms with Crippen LogP contribution >= 0.6 is 15.9 Å². The van der Waals surface area contributed by atoms with Gasteiger partial charge in [-0.25, -0.2) is 0 Å². The standard InChI is InChI=1S/C19H19BrN4O4/c1-11(25)22-14-6-5-13(20)9-15(14)21-10-18-23-19(24-28-18)12-4-7-16(26-2)17(8-12)27-3/h4-9,21H,10H2,1-3H3,(H,22,25). The van der Waals surface area contributed by atoms with Crippen LogP contribution in [0.2, 0.25) is 0 Å². The number of halogens is 1. The number of methoxy groups -OCH3 is 2. The summed E-state index contributed by atoms with van der Waals surface area (Å²) >= 11 is 3.42. The number of amides is 1. The molecule has 0 aliphatic rings. The quantitative estimate of drug-likeness (QED) is 0.563. The molecule has 0 unspecified atom stereocenters. The minimum Gasteiger partial charge on any atom is -0.493 e. The lowest BCUT2D eigenvalue weighted by molar-refractivity contribution is -0.114. The Morgan fingerprint density at radius 2 is 1.89 bits per heavy atom. The Labute approximate surface area is 170 Å². The molecule has 0 aliphatic heterocycles. The van der Waals surface area contributed by atoms with Crippen molar-refractivity contribution in [3.05, 3.63) is 46.8 Å². The number of carbonyl (C=O) groups is 1. The van der Waals surface area contributed by atoms with Crippen molar-refractivity contribution in [3.8, 4) is 22.9 Å². The van der Waals surface area contributed by atoms with E-state index in [0.29, 0.717) is 35.4 Å². The molecular formula is C19H19BrN4O4. The summed E-state index contributed by atoms with van der Waals surface area (Å²) < 4.78 is 16.7. The van der Waals surface area contributed by atoms with Gasteiger partial charge in [0, 0.05) is 17.0 Å². The normalized spacial score (nSPS) is 10.4. The van der Waals surface area contributed by atoms with E-state index in [1.54, 1.807) is 32.4 Å². The van der Waals surface area contributed by atoms with Gasteiger partial charge in [-0.2, -0.15) is 4.98 Å². The van der Waals surface area contributed by atoms with Crippen molar-refractivity contribution >= 4 is 33.2 Å². The fourth-order valence-electron chi connectivity index (χ4n) is 2.55. The second kappa shape index (κ2) is 8.75. The first-order valence-electron chi connectivity index (χ1n) is 8.36. The van der Waals surface area contributed by atoms with E-state index in [0.717, 1.165) is 15.7 Å². The Hall–Kier alpha value is -3.07. The molecule has 1 aromatic heterocycles. The first-order chi connectivity index (χ1) is 13.5. The number of benzene rings is 2. The van der Waals surface area contributed by atoms with Gasteiger partial charge in [-0.3, -0.25) is 4.79 Å². The van der Waals surface area contributed by atoms with Crippen LogP contribution in [0, 0.1) is 0 Å². The zero-order chi connectivity index (χ0) is 20.1. The first kappa shape index (κ1) is 19.7. The minimum atomic E-state index is -0.154. The maximum Gasteiger partial charge on any atom is 0.246 e. The third-order valence-electron chi connectivity index (χ3n) is 3.83. The van der Waals surface area contributed by atoms with Crippen LogP contribution in [0.15, 0.2) is 45.4 Å². The lowest BCUT2D eigenvalue weighted by Gasteiger charge is -2.11. The molecule has 8 nitrogen and oxygen atoms in total. The Morgan fingerprint density at radius 1 is 1.11 bits per heavy atom. The largest absolute Gasteiger partial charge is 0.493 e. The number of aromatic nitrogens is 2. The summed E-state index contributed by atoms with van der Waals surface area (Å²) in [4.78, 5) is 15.8. The summed E-state index contributed by atoms with van der Waals surface area (Å²) in [5.74, 6) is 1.89. The van der Waals surface area contributed by atoms with E-state index in [-0.39, 0.29) is 5.91 Å². The molecule has 1 heterocycles. The van der Waals surface area contributed by atoms with Crippen LogP contribution in [-0.2, 0) is 11.3 Å². The fraction of sp³-hybridized carbons (Fsp3) is 0.211. The second-order valence-corrected chi connectivity index (χ2v) is 6.72. The number of nitrogens with zero attached hydrogens (tertiary/aromatic N) is 2. The van der Waals surface area contributed by atoms with Gasteiger partial charge in [-0.05, 0) is 36.4 Å². The van der Waals surface area contributed by atoms with E-state index in [4.69, 9.17) is 14.0 Å². The van der Waals surface area contributed by atoms with Crippen molar-refractivity contribution in [2.24, 2.45) is 0 Å². The van der Waals surface area contributed by atoms with Crippen LogP contribution in [0.4, 0.5) is 11.4 Å². The number of hydrogen-bond donors (Lipinski definition) is 2. The molecule has 0 saturated carbocycles. The van der Waals surface area contributed by atoms with Gasteiger partial charge in [0.1, 0.15) is 0 Å². The monoisotopic (exact) mass is 446 g/mol. The van der Waals surface area contributed by atoms with E-state index in [9.17, 15) is 4.79 Å². The van der Waals surface area contributed by atoms with Gasteiger partial charge >= 0.3 is 0 Å². The fourth-order valence-corrected chi connectivity index (χ4v) is 2.91. The molecule has 146 valence electrons. The van der Waals surface area contributed by atoms with Gasteiger partial charge in [-0.15, -0.1) is 0 Å². The molecule has 0 bridgehead atoms. The van der Waals surface area contributed by atoms with Crippen LogP contribution in [0.5, 0.6) is 11.5 Å². The lowest BCUT2D eigenvalue weighted by atomic mass is 10.2. The molecule has 0 aliphatic carbocycles. The summed E-state index contributed by atoms with van der Waals surface area (Å²) in [7, 11) is 3.14. The molecule has 1 amide bonds. The molecule has 0 atom stereocenters. The van der Waals surface area contributed by atoms with E-state index in [1.807, 2.05) is 18.2 Å². The zero-order valence-corrected chi connectivity index (χ0v) is 17.2. The molecule has 0 saturated heterocycles. The predicted octanol–water partition coefficient (Wildman–Crippen LogP) is 4.09. The molecule has 9 heteroatoms. The highest BCUT2D eigenvalue weighted by Gasteiger charge is 2.13.